The van der Waals surface area contributed by atoms with Crippen LogP contribution in [0.25, 0.3) is 0 Å². The van der Waals surface area contributed by atoms with Gasteiger partial charge in [-0.1, -0.05) is 0 Å². The van der Waals surface area contributed by atoms with Crippen LogP contribution in [-0.4, -0.2) is 34.6 Å². The number of amides is 2. The number of urea groups is 1. The quantitative estimate of drug-likeness (QED) is 0.880. The second-order valence-corrected chi connectivity index (χ2v) is 5.61. The van der Waals surface area contributed by atoms with Gasteiger partial charge in [0.1, 0.15) is 5.54 Å². The summed E-state index contributed by atoms with van der Waals surface area (Å²) in [5.41, 5.74) is -0.102. The molecule has 1 aromatic heterocycles. The normalized spacial score (nSPS) is 11.1. The molecule has 0 atom stereocenters. The van der Waals surface area contributed by atoms with Gasteiger partial charge in [0.05, 0.1) is 6.54 Å². The van der Waals surface area contributed by atoms with E-state index in [1.54, 1.807) is 11.3 Å². The molecule has 0 radical (unpaired) electrons. The molecule has 0 saturated heterocycles. The fourth-order valence-electron chi connectivity index (χ4n) is 1.26. The summed E-state index contributed by atoms with van der Waals surface area (Å²) in [6.07, 6.45) is 0. The molecule has 0 aromatic carbocycles. The molecule has 0 aliphatic rings. The third kappa shape index (κ3) is 3.01. The largest absolute Gasteiger partial charge is 0.480 e. The summed E-state index contributed by atoms with van der Waals surface area (Å²) in [6.45, 7) is 5.38. The molecule has 0 fully saturated rings. The zero-order chi connectivity index (χ0) is 13.9. The second-order valence-electron chi connectivity index (χ2n) is 4.61. The summed E-state index contributed by atoms with van der Waals surface area (Å²) in [7, 11) is 1.48. The van der Waals surface area contributed by atoms with Crippen molar-refractivity contribution in [3.63, 3.8) is 0 Å². The van der Waals surface area contributed by atoms with E-state index in [0.717, 1.165) is 10.4 Å². The average molecular weight is 270 g/mol. The first-order valence-corrected chi connectivity index (χ1v) is 6.42. The van der Waals surface area contributed by atoms with E-state index in [1.165, 1.54) is 25.8 Å². The van der Waals surface area contributed by atoms with Crippen molar-refractivity contribution in [3.05, 3.63) is 21.9 Å². The number of carboxylic acids is 1. The van der Waals surface area contributed by atoms with Crippen LogP contribution in [0.3, 0.4) is 0 Å². The van der Waals surface area contributed by atoms with Gasteiger partial charge in [-0.2, -0.15) is 0 Å². The van der Waals surface area contributed by atoms with Gasteiger partial charge in [-0.25, -0.2) is 9.59 Å². The number of rotatable bonds is 4. The monoisotopic (exact) mass is 270 g/mol. The molecule has 2 amide bonds. The highest BCUT2D eigenvalue weighted by atomic mass is 32.1. The van der Waals surface area contributed by atoms with Gasteiger partial charge in [0.2, 0.25) is 0 Å². The maximum atomic E-state index is 11.9. The molecule has 1 heterocycles. The fraction of sp³-hybridized carbons (Fsp3) is 0.500. The number of thiophene rings is 1. The number of carboxylic acid groups (broad SMARTS) is 1. The lowest BCUT2D eigenvalue weighted by molar-refractivity contribution is -0.146. The maximum Gasteiger partial charge on any atom is 0.329 e. The van der Waals surface area contributed by atoms with Crippen LogP contribution in [0.2, 0.25) is 0 Å². The highest BCUT2D eigenvalue weighted by molar-refractivity contribution is 7.10. The van der Waals surface area contributed by atoms with Gasteiger partial charge >= 0.3 is 12.0 Å². The minimum atomic E-state index is -1.23. The molecule has 0 unspecified atom stereocenters. The van der Waals surface area contributed by atoms with E-state index in [1.807, 2.05) is 18.4 Å². The Kier molecular flexibility index (Phi) is 4.34. The Morgan fingerprint density at radius 3 is 2.56 bits per heavy atom. The van der Waals surface area contributed by atoms with Gasteiger partial charge in [-0.15, -0.1) is 11.3 Å². The van der Waals surface area contributed by atoms with E-state index in [4.69, 9.17) is 5.11 Å². The second kappa shape index (κ2) is 5.39. The number of hydrogen-bond donors (Lipinski definition) is 2. The Balaban J connectivity index is 2.61. The molecule has 5 nitrogen and oxygen atoms in total. The van der Waals surface area contributed by atoms with Crippen LogP contribution in [0, 0.1) is 6.92 Å². The van der Waals surface area contributed by atoms with Crippen molar-refractivity contribution in [1.29, 1.82) is 0 Å². The van der Waals surface area contributed by atoms with Crippen LogP contribution >= 0.6 is 11.3 Å². The lowest BCUT2D eigenvalue weighted by Crippen LogP contribution is -2.53. The molecule has 0 spiro atoms. The third-order valence-corrected chi connectivity index (χ3v) is 4.06. The van der Waals surface area contributed by atoms with Gasteiger partial charge in [0.15, 0.2) is 0 Å². The Morgan fingerprint density at radius 1 is 1.50 bits per heavy atom. The number of nitrogens with zero attached hydrogens (tertiary/aromatic N) is 1. The number of hydrogen-bond acceptors (Lipinski definition) is 3. The first kappa shape index (κ1) is 14.5. The topological polar surface area (TPSA) is 69.6 Å². The van der Waals surface area contributed by atoms with Crippen LogP contribution in [0.15, 0.2) is 11.4 Å². The van der Waals surface area contributed by atoms with Gasteiger partial charge in [-0.05, 0) is 37.8 Å². The van der Waals surface area contributed by atoms with Crippen molar-refractivity contribution in [1.82, 2.24) is 10.2 Å². The fourth-order valence-corrected chi connectivity index (χ4v) is 2.10. The number of likely N-dealkylation sites (N-methyl/N-ethyl adjacent to an activating group) is 1. The van der Waals surface area contributed by atoms with E-state index in [2.05, 4.69) is 5.32 Å². The summed E-state index contributed by atoms with van der Waals surface area (Å²) in [5.74, 6) is -1.03. The molecular formula is C12H18N2O3S. The SMILES string of the molecule is Cc1ccsc1CNC(=O)N(C)C(C)(C)C(=O)O. The highest BCUT2D eigenvalue weighted by Gasteiger charge is 2.35. The summed E-state index contributed by atoms with van der Waals surface area (Å²) in [4.78, 5) is 25.2. The molecule has 1 aromatic rings. The van der Waals surface area contributed by atoms with Crippen LogP contribution < -0.4 is 5.32 Å². The lowest BCUT2D eigenvalue weighted by atomic mass is 10.1. The molecule has 6 heteroatoms. The predicted octanol–water partition coefficient (Wildman–Crippen LogP) is 2.06. The standard InChI is InChI=1S/C12H18N2O3S/c1-8-5-6-18-9(8)7-13-11(17)14(4)12(2,3)10(15)16/h5-6H,7H2,1-4H3,(H,13,17)(H,15,16). The summed E-state index contributed by atoms with van der Waals surface area (Å²) in [5, 5.41) is 13.7. The summed E-state index contributed by atoms with van der Waals surface area (Å²) >= 11 is 1.57. The van der Waals surface area contributed by atoms with Gasteiger partial charge in [0.25, 0.3) is 0 Å². The minimum Gasteiger partial charge on any atom is -0.480 e. The lowest BCUT2D eigenvalue weighted by Gasteiger charge is -2.31. The third-order valence-electron chi connectivity index (χ3n) is 3.03. The minimum absolute atomic E-state index is 0.393. The first-order valence-electron chi connectivity index (χ1n) is 5.55. The summed E-state index contributed by atoms with van der Waals surface area (Å²) < 4.78 is 0. The number of nitrogens with one attached hydrogen (secondary N) is 1. The van der Waals surface area contributed by atoms with Gasteiger partial charge < -0.3 is 15.3 Å². The molecule has 1 rings (SSSR count). The van der Waals surface area contributed by atoms with Crippen molar-refractivity contribution in [2.45, 2.75) is 32.9 Å². The molecule has 0 aliphatic carbocycles. The molecule has 0 bridgehead atoms. The number of carbonyl (C=O) groups is 2. The Labute approximate surface area is 110 Å². The highest BCUT2D eigenvalue weighted by Crippen LogP contribution is 2.16. The molecular weight excluding hydrogens is 252 g/mol. The Morgan fingerprint density at radius 2 is 2.11 bits per heavy atom. The molecule has 0 saturated carbocycles. The van der Waals surface area contributed by atoms with E-state index in [0.29, 0.717) is 6.54 Å². The smallest absolute Gasteiger partial charge is 0.329 e. The number of aliphatic carboxylic acids is 1. The van der Waals surface area contributed by atoms with Crippen LogP contribution in [-0.2, 0) is 11.3 Å². The zero-order valence-corrected chi connectivity index (χ0v) is 11.8. The molecule has 100 valence electrons. The van der Waals surface area contributed by atoms with Crippen molar-refractivity contribution in [2.24, 2.45) is 0 Å². The summed E-state index contributed by atoms with van der Waals surface area (Å²) in [6, 6.07) is 1.59. The van der Waals surface area contributed by atoms with Gasteiger partial charge in [-0.3, -0.25) is 0 Å². The van der Waals surface area contributed by atoms with E-state index < -0.39 is 17.5 Å². The predicted molar refractivity (Wildman–Crippen MR) is 70.8 cm³/mol. The van der Waals surface area contributed by atoms with E-state index >= 15 is 0 Å². The number of aryl methyl sites for hydroxylation is 1. The number of carbonyl (C=O) groups excluding carboxylic acids is 1. The van der Waals surface area contributed by atoms with Gasteiger partial charge in [0, 0.05) is 11.9 Å². The first-order chi connectivity index (χ1) is 8.26. The Bertz CT molecular complexity index is 454. The molecule has 0 aliphatic heterocycles. The van der Waals surface area contributed by atoms with Crippen molar-refractivity contribution in [2.75, 3.05) is 7.05 Å². The van der Waals surface area contributed by atoms with E-state index in [-0.39, 0.29) is 0 Å². The average Bonchev–Trinajstić information content (AvgIpc) is 2.70. The van der Waals surface area contributed by atoms with Crippen LogP contribution in [0.4, 0.5) is 4.79 Å². The van der Waals surface area contributed by atoms with Crippen LogP contribution in [0.5, 0.6) is 0 Å². The van der Waals surface area contributed by atoms with E-state index in [9.17, 15) is 9.59 Å². The molecule has 2 N–H and O–H groups in total. The van der Waals surface area contributed by atoms with Crippen molar-refractivity contribution < 1.29 is 14.7 Å². The van der Waals surface area contributed by atoms with Crippen molar-refractivity contribution >= 4 is 23.3 Å². The Hall–Kier alpha value is -1.56. The van der Waals surface area contributed by atoms with Crippen molar-refractivity contribution in [3.8, 4) is 0 Å². The maximum absolute atomic E-state index is 11.9. The van der Waals surface area contributed by atoms with Crippen LogP contribution in [0.1, 0.15) is 24.3 Å². The molecule has 18 heavy (non-hydrogen) atoms. The zero-order valence-electron chi connectivity index (χ0n) is 11.0.